The topological polar surface area (TPSA) is 33.1 Å². The van der Waals surface area contributed by atoms with E-state index in [0.29, 0.717) is 6.04 Å². The smallest absolute Gasteiger partial charge is 0.0645 e. The summed E-state index contributed by atoms with van der Waals surface area (Å²) in [7, 11) is 0. The molecule has 0 bridgehead atoms. The molecule has 3 atom stereocenters. The number of aromatic nitrogens is 2. The summed E-state index contributed by atoms with van der Waals surface area (Å²) in [4.78, 5) is 2.61. The monoisotopic (exact) mass is 282 g/mol. The van der Waals surface area contributed by atoms with Gasteiger partial charge in [0, 0.05) is 30.9 Å². The standard InChI is InChI=1S/C17H22N4/c1-13(20-10-15-7-18-8-16(15)11-20)14-9-19-21(12-14)17-5-3-2-4-6-17/h2-6,9,12-13,15-16,18H,7-8,10-11H2,1H3/t13?,15-,16+. The van der Waals surface area contributed by atoms with Crippen LogP contribution in [0.4, 0.5) is 0 Å². The van der Waals surface area contributed by atoms with E-state index in [-0.39, 0.29) is 0 Å². The van der Waals surface area contributed by atoms with E-state index in [1.165, 1.54) is 31.7 Å². The molecule has 1 unspecified atom stereocenters. The Morgan fingerprint density at radius 3 is 2.57 bits per heavy atom. The lowest BCUT2D eigenvalue weighted by atomic mass is 10.0. The zero-order chi connectivity index (χ0) is 14.2. The predicted molar refractivity (Wildman–Crippen MR) is 83.4 cm³/mol. The van der Waals surface area contributed by atoms with Crippen molar-refractivity contribution in [1.82, 2.24) is 20.0 Å². The average molecular weight is 282 g/mol. The van der Waals surface area contributed by atoms with E-state index < -0.39 is 0 Å². The zero-order valence-electron chi connectivity index (χ0n) is 12.4. The maximum absolute atomic E-state index is 4.53. The van der Waals surface area contributed by atoms with E-state index >= 15 is 0 Å². The van der Waals surface area contributed by atoms with Gasteiger partial charge in [0.25, 0.3) is 0 Å². The third kappa shape index (κ3) is 2.39. The second kappa shape index (κ2) is 5.28. The Bertz CT molecular complexity index is 594. The molecule has 2 aliphatic rings. The van der Waals surface area contributed by atoms with Crippen LogP contribution < -0.4 is 5.32 Å². The summed E-state index contributed by atoms with van der Waals surface area (Å²) < 4.78 is 1.98. The van der Waals surface area contributed by atoms with E-state index in [1.54, 1.807) is 0 Å². The minimum atomic E-state index is 0.452. The van der Waals surface area contributed by atoms with Gasteiger partial charge < -0.3 is 5.32 Å². The van der Waals surface area contributed by atoms with E-state index in [1.807, 2.05) is 16.9 Å². The molecule has 1 aromatic heterocycles. The largest absolute Gasteiger partial charge is 0.316 e. The summed E-state index contributed by atoms with van der Waals surface area (Å²) in [5.41, 5.74) is 2.44. The first-order valence-electron chi connectivity index (χ1n) is 7.86. The van der Waals surface area contributed by atoms with Crippen LogP contribution in [0.2, 0.25) is 0 Å². The highest BCUT2D eigenvalue weighted by atomic mass is 15.3. The number of nitrogens with zero attached hydrogens (tertiary/aromatic N) is 3. The maximum atomic E-state index is 4.53. The molecule has 2 saturated heterocycles. The Hall–Kier alpha value is -1.65. The van der Waals surface area contributed by atoms with Crippen molar-refractivity contribution in [2.45, 2.75) is 13.0 Å². The van der Waals surface area contributed by atoms with Gasteiger partial charge in [-0.1, -0.05) is 18.2 Å². The van der Waals surface area contributed by atoms with E-state index in [2.05, 4.69) is 52.7 Å². The third-order valence-electron chi connectivity index (χ3n) is 5.07. The van der Waals surface area contributed by atoms with Crippen molar-refractivity contribution in [2.24, 2.45) is 11.8 Å². The molecule has 2 aliphatic heterocycles. The summed E-state index contributed by atoms with van der Waals surface area (Å²) in [6, 6.07) is 10.8. The van der Waals surface area contributed by atoms with Crippen LogP contribution in [-0.4, -0.2) is 40.9 Å². The maximum Gasteiger partial charge on any atom is 0.0645 e. The van der Waals surface area contributed by atoms with Gasteiger partial charge in [0.05, 0.1) is 11.9 Å². The number of likely N-dealkylation sites (tertiary alicyclic amines) is 1. The predicted octanol–water partition coefficient (Wildman–Crippen LogP) is 2.08. The van der Waals surface area contributed by atoms with Crippen LogP contribution in [0.15, 0.2) is 42.7 Å². The Morgan fingerprint density at radius 2 is 1.86 bits per heavy atom. The second-order valence-corrected chi connectivity index (χ2v) is 6.36. The zero-order valence-corrected chi connectivity index (χ0v) is 12.4. The summed E-state index contributed by atoms with van der Waals surface area (Å²) in [5, 5.41) is 8.03. The number of para-hydroxylation sites is 1. The van der Waals surface area contributed by atoms with Crippen molar-refractivity contribution >= 4 is 0 Å². The van der Waals surface area contributed by atoms with Crippen molar-refractivity contribution < 1.29 is 0 Å². The van der Waals surface area contributed by atoms with Gasteiger partial charge >= 0.3 is 0 Å². The van der Waals surface area contributed by atoms with Gasteiger partial charge in [-0.15, -0.1) is 0 Å². The summed E-state index contributed by atoms with van der Waals surface area (Å²) in [6.07, 6.45) is 4.19. The minimum Gasteiger partial charge on any atom is -0.316 e. The van der Waals surface area contributed by atoms with Crippen LogP contribution in [0.25, 0.3) is 5.69 Å². The highest BCUT2D eigenvalue weighted by Gasteiger charge is 2.38. The van der Waals surface area contributed by atoms with Gasteiger partial charge in [-0.2, -0.15) is 5.10 Å². The molecule has 110 valence electrons. The molecule has 2 aromatic rings. The van der Waals surface area contributed by atoms with Gasteiger partial charge in [-0.05, 0) is 44.0 Å². The van der Waals surface area contributed by atoms with Crippen LogP contribution in [-0.2, 0) is 0 Å². The van der Waals surface area contributed by atoms with Crippen molar-refractivity contribution in [3.8, 4) is 5.69 Å². The summed E-state index contributed by atoms with van der Waals surface area (Å²) in [6.45, 7) is 7.12. The molecule has 4 nitrogen and oxygen atoms in total. The number of nitrogens with one attached hydrogen (secondary N) is 1. The van der Waals surface area contributed by atoms with Gasteiger partial charge in [-0.3, -0.25) is 4.90 Å². The summed E-state index contributed by atoms with van der Waals surface area (Å²) >= 11 is 0. The van der Waals surface area contributed by atoms with Crippen molar-refractivity contribution in [2.75, 3.05) is 26.2 Å². The molecule has 0 radical (unpaired) electrons. The average Bonchev–Trinajstić information content (AvgIpc) is 3.22. The minimum absolute atomic E-state index is 0.452. The Kier molecular flexibility index (Phi) is 3.28. The van der Waals surface area contributed by atoms with Crippen LogP contribution in [0.5, 0.6) is 0 Å². The third-order valence-corrected chi connectivity index (χ3v) is 5.07. The van der Waals surface area contributed by atoms with Gasteiger partial charge in [0.1, 0.15) is 0 Å². The lowest BCUT2D eigenvalue weighted by Crippen LogP contribution is -2.28. The van der Waals surface area contributed by atoms with Gasteiger partial charge in [-0.25, -0.2) is 4.68 Å². The molecule has 1 N–H and O–H groups in total. The van der Waals surface area contributed by atoms with Crippen LogP contribution in [0, 0.1) is 11.8 Å². The number of hydrogen-bond donors (Lipinski definition) is 1. The molecule has 3 heterocycles. The van der Waals surface area contributed by atoms with E-state index in [0.717, 1.165) is 17.5 Å². The van der Waals surface area contributed by atoms with Crippen LogP contribution in [0.3, 0.4) is 0 Å². The highest BCUT2D eigenvalue weighted by molar-refractivity contribution is 5.31. The first-order chi connectivity index (χ1) is 10.3. The lowest BCUT2D eigenvalue weighted by Gasteiger charge is -2.24. The van der Waals surface area contributed by atoms with Crippen LogP contribution in [0.1, 0.15) is 18.5 Å². The van der Waals surface area contributed by atoms with E-state index in [9.17, 15) is 0 Å². The fourth-order valence-electron chi connectivity index (χ4n) is 3.69. The van der Waals surface area contributed by atoms with Gasteiger partial charge in [0.2, 0.25) is 0 Å². The van der Waals surface area contributed by atoms with Crippen molar-refractivity contribution in [3.05, 3.63) is 48.3 Å². The Balaban J connectivity index is 1.51. The molecule has 4 heteroatoms. The SMILES string of the molecule is CC(c1cnn(-c2ccccc2)c1)N1C[C@H]2CNC[C@H]2C1. The molecule has 0 aliphatic carbocycles. The number of benzene rings is 1. The number of rotatable bonds is 3. The van der Waals surface area contributed by atoms with Gasteiger partial charge in [0.15, 0.2) is 0 Å². The van der Waals surface area contributed by atoms with E-state index in [4.69, 9.17) is 0 Å². The molecule has 0 saturated carbocycles. The normalized spacial score (nSPS) is 26.9. The molecular weight excluding hydrogens is 260 g/mol. The molecule has 0 spiro atoms. The Morgan fingerprint density at radius 1 is 1.14 bits per heavy atom. The Labute approximate surface area is 125 Å². The molecule has 4 rings (SSSR count). The first-order valence-corrected chi connectivity index (χ1v) is 7.86. The molecule has 21 heavy (non-hydrogen) atoms. The molecule has 0 amide bonds. The quantitative estimate of drug-likeness (QED) is 0.936. The molecular formula is C17H22N4. The van der Waals surface area contributed by atoms with Crippen molar-refractivity contribution in [1.29, 1.82) is 0 Å². The number of hydrogen-bond acceptors (Lipinski definition) is 3. The van der Waals surface area contributed by atoms with Crippen LogP contribution >= 0.6 is 0 Å². The second-order valence-electron chi connectivity index (χ2n) is 6.36. The fourth-order valence-corrected chi connectivity index (χ4v) is 3.69. The first kappa shape index (κ1) is 13.0. The highest BCUT2D eigenvalue weighted by Crippen LogP contribution is 2.32. The molecule has 2 fully saturated rings. The fraction of sp³-hybridized carbons (Fsp3) is 0.471. The van der Waals surface area contributed by atoms with Crippen molar-refractivity contribution in [3.63, 3.8) is 0 Å². The summed E-state index contributed by atoms with van der Waals surface area (Å²) in [5.74, 6) is 1.69. The number of fused-ring (bicyclic) bond motifs is 1. The lowest BCUT2D eigenvalue weighted by molar-refractivity contribution is 0.244. The molecule has 1 aromatic carbocycles.